The van der Waals surface area contributed by atoms with E-state index < -0.39 is 0 Å². The van der Waals surface area contributed by atoms with Crippen molar-refractivity contribution < 1.29 is 42.3 Å². The molecule has 0 heterocycles. The average Bonchev–Trinajstić information content (AvgIpc) is 3.07. The van der Waals surface area contributed by atoms with Crippen LogP contribution in [0.15, 0.2) is 91.0 Å². The second-order valence-corrected chi connectivity index (χ2v) is 14.2. The molecule has 2 fully saturated rings. The minimum Gasteiger partial charge on any atom is -1.00 e. The molecule has 2 N–H and O–H groups in total. The number of rotatable bonds is 7. The molecular formula is C38H45ClNO2PPd-. The first-order chi connectivity index (χ1) is 20.7. The van der Waals surface area contributed by atoms with Crippen LogP contribution in [0.25, 0.3) is 22.3 Å². The van der Waals surface area contributed by atoms with E-state index >= 15 is 0 Å². The van der Waals surface area contributed by atoms with E-state index in [-0.39, 0.29) is 40.8 Å². The Morgan fingerprint density at radius 1 is 0.636 bits per heavy atom. The smallest absolute Gasteiger partial charge is 0.130 e. The molecule has 4 aromatic carbocycles. The number of ether oxygens (including phenoxy) is 2. The van der Waals surface area contributed by atoms with Gasteiger partial charge in [-0.1, -0.05) is 119 Å². The van der Waals surface area contributed by atoms with Crippen LogP contribution in [0.1, 0.15) is 64.2 Å². The molecule has 6 heteroatoms. The van der Waals surface area contributed by atoms with Gasteiger partial charge in [0, 0.05) is 31.7 Å². The zero-order valence-electron chi connectivity index (χ0n) is 25.9. The van der Waals surface area contributed by atoms with Crippen LogP contribution in [-0.4, -0.2) is 25.5 Å². The molecule has 0 bridgehead atoms. The molecule has 0 aromatic heterocycles. The fourth-order valence-corrected chi connectivity index (χ4v) is 10.7. The molecule has 3 nitrogen and oxygen atoms in total. The van der Waals surface area contributed by atoms with E-state index in [0.717, 1.165) is 45.2 Å². The normalized spacial score (nSPS) is 15.2. The molecule has 2 aliphatic rings. The number of halogens is 1. The van der Waals surface area contributed by atoms with Crippen molar-refractivity contribution >= 4 is 18.9 Å². The van der Waals surface area contributed by atoms with Crippen molar-refractivity contribution in [3.63, 3.8) is 0 Å². The van der Waals surface area contributed by atoms with Crippen LogP contribution in [0.5, 0.6) is 11.5 Å². The van der Waals surface area contributed by atoms with Gasteiger partial charge in [-0.05, 0) is 77.7 Å². The number of nitrogens with two attached hydrogens (primary N) is 1. The first kappa shape index (κ1) is 36.1. The molecule has 237 valence electrons. The summed E-state index contributed by atoms with van der Waals surface area (Å²) in [6.45, 7) is 0. The molecular weight excluding hydrogens is 675 g/mol. The maximum atomic E-state index is 5.83. The maximum Gasteiger partial charge on any atom is 0.130 e. The molecule has 4 aromatic rings. The second-order valence-electron chi connectivity index (χ2n) is 11.4. The number of methoxy groups -OCH3 is 2. The summed E-state index contributed by atoms with van der Waals surface area (Å²) in [5.74, 6) is 1.83. The molecule has 0 unspecified atom stereocenters. The van der Waals surface area contributed by atoms with Gasteiger partial charge in [0.25, 0.3) is 0 Å². The van der Waals surface area contributed by atoms with Crippen LogP contribution in [0.2, 0.25) is 0 Å². The molecule has 0 spiro atoms. The number of hydrogen-bond acceptors (Lipinski definition) is 3. The van der Waals surface area contributed by atoms with Crippen LogP contribution in [0.4, 0.5) is 5.69 Å². The predicted octanol–water partition coefficient (Wildman–Crippen LogP) is 6.88. The average molecular weight is 721 g/mol. The van der Waals surface area contributed by atoms with E-state index in [9.17, 15) is 0 Å². The predicted molar refractivity (Wildman–Crippen MR) is 180 cm³/mol. The summed E-state index contributed by atoms with van der Waals surface area (Å²) in [7, 11) is 3.36. The summed E-state index contributed by atoms with van der Waals surface area (Å²) in [5, 5.41) is 1.59. The van der Waals surface area contributed by atoms with Gasteiger partial charge in [0.05, 0.1) is 19.8 Å². The Morgan fingerprint density at radius 3 is 1.68 bits per heavy atom. The van der Waals surface area contributed by atoms with Gasteiger partial charge < -0.3 is 27.6 Å². The molecule has 6 rings (SSSR count). The number of anilines is 1. The number of nitrogen functional groups attached to an aromatic ring is 1. The van der Waals surface area contributed by atoms with Crippen LogP contribution >= 0.6 is 7.92 Å². The largest absolute Gasteiger partial charge is 1.00 e. The fraction of sp³-hybridized carbons (Fsp3) is 0.368. The molecule has 0 aliphatic heterocycles. The second kappa shape index (κ2) is 18.6. The maximum absolute atomic E-state index is 5.83. The number of hydrogen-bond donors (Lipinski definition) is 1. The zero-order chi connectivity index (χ0) is 29.1. The molecule has 44 heavy (non-hydrogen) atoms. The fourth-order valence-electron chi connectivity index (χ4n) is 6.74. The van der Waals surface area contributed by atoms with Gasteiger partial charge in [-0.2, -0.15) is 0 Å². The first-order valence-corrected chi connectivity index (χ1v) is 17.1. The number of benzene rings is 4. The number of para-hydroxylation sites is 1. The van der Waals surface area contributed by atoms with Gasteiger partial charge in [0.1, 0.15) is 11.5 Å². The molecule has 0 amide bonds. The molecule has 1 radical (unpaired) electrons. The molecule has 2 aliphatic carbocycles. The third-order valence-corrected chi connectivity index (χ3v) is 12.3. The Bertz CT molecular complexity index is 1370. The van der Waals surface area contributed by atoms with Gasteiger partial charge in [-0.3, -0.25) is 0 Å². The van der Waals surface area contributed by atoms with E-state index in [1.165, 1.54) is 69.8 Å². The van der Waals surface area contributed by atoms with Gasteiger partial charge in [0.2, 0.25) is 0 Å². The van der Waals surface area contributed by atoms with Crippen molar-refractivity contribution in [1.82, 2.24) is 0 Å². The topological polar surface area (TPSA) is 44.5 Å². The van der Waals surface area contributed by atoms with Crippen molar-refractivity contribution in [3.8, 4) is 33.8 Å². The monoisotopic (exact) mass is 719 g/mol. The van der Waals surface area contributed by atoms with Crippen LogP contribution in [0.3, 0.4) is 0 Å². The summed E-state index contributed by atoms with van der Waals surface area (Å²) in [4.78, 5) is 0. The van der Waals surface area contributed by atoms with E-state index in [1.54, 1.807) is 19.5 Å². The summed E-state index contributed by atoms with van der Waals surface area (Å²) >= 11 is 0. The van der Waals surface area contributed by atoms with Gasteiger partial charge >= 0.3 is 0 Å². The minimum atomic E-state index is -0.182. The van der Waals surface area contributed by atoms with E-state index in [1.807, 2.05) is 54.6 Å². The Morgan fingerprint density at radius 2 is 1.16 bits per heavy atom. The van der Waals surface area contributed by atoms with Crippen molar-refractivity contribution in [2.75, 3.05) is 20.0 Å². The van der Waals surface area contributed by atoms with Crippen LogP contribution in [-0.2, 0) is 20.4 Å². The first-order valence-electron chi connectivity index (χ1n) is 15.6. The van der Waals surface area contributed by atoms with Gasteiger partial charge in [-0.15, -0.1) is 0 Å². The molecule has 2 saturated carbocycles. The van der Waals surface area contributed by atoms with Crippen molar-refractivity contribution in [1.29, 1.82) is 0 Å². The van der Waals surface area contributed by atoms with Crippen molar-refractivity contribution in [2.24, 2.45) is 0 Å². The van der Waals surface area contributed by atoms with Crippen LogP contribution < -0.4 is 32.9 Å². The molecule has 0 saturated heterocycles. The summed E-state index contributed by atoms with van der Waals surface area (Å²) < 4.78 is 11.6. The Kier molecular flexibility index (Phi) is 15.3. The Labute approximate surface area is 286 Å². The Hall–Kier alpha value is -2.34. The summed E-state index contributed by atoms with van der Waals surface area (Å²) in [6.07, 6.45) is 14.2. The van der Waals surface area contributed by atoms with Gasteiger partial charge in [0.15, 0.2) is 0 Å². The SMILES string of the molecule is COc1cccc(OC)c1-c1ccccc1P(C1CCCCC1)C1CCCCC1.Nc1ccccc1-c1[c]cccc1.[Cl-].[Pd]. The van der Waals surface area contributed by atoms with Gasteiger partial charge in [-0.25, -0.2) is 0 Å². The third-order valence-electron chi connectivity index (χ3n) is 8.78. The standard InChI is InChI=1S/C26H35O2P.C12H10N.ClH.Pd/c1-27-23-17-11-18-24(28-2)26(23)22-16-9-10-19-25(22)29(20-12-5-3-6-13-20)21-14-7-4-8-15-21;13-12-9-5-4-8-11(12)10-6-2-1-3-7-10;;/h9-11,16-21H,3-8,12-15H2,1-2H3;1-6,8-9H,13H2;1H;/p-1. The van der Waals surface area contributed by atoms with Crippen molar-refractivity contribution in [3.05, 3.63) is 97.1 Å². The Balaban J connectivity index is 0.000000297. The minimum absolute atomic E-state index is 0. The van der Waals surface area contributed by atoms with E-state index in [2.05, 4.69) is 42.5 Å². The quantitative estimate of drug-likeness (QED) is 0.129. The molecule has 0 atom stereocenters. The van der Waals surface area contributed by atoms with Crippen LogP contribution in [0, 0.1) is 6.07 Å². The van der Waals surface area contributed by atoms with E-state index in [0.29, 0.717) is 0 Å². The third kappa shape index (κ3) is 8.89. The van der Waals surface area contributed by atoms with Crippen molar-refractivity contribution in [2.45, 2.75) is 75.5 Å². The zero-order valence-corrected chi connectivity index (χ0v) is 29.1. The summed E-state index contributed by atoms with van der Waals surface area (Å²) in [6, 6.07) is 34.1. The summed E-state index contributed by atoms with van der Waals surface area (Å²) in [5.41, 5.74) is 12.9. The van der Waals surface area contributed by atoms with E-state index in [4.69, 9.17) is 15.2 Å².